The van der Waals surface area contributed by atoms with Gasteiger partial charge in [-0.2, -0.15) is 0 Å². The van der Waals surface area contributed by atoms with Crippen molar-refractivity contribution in [1.82, 2.24) is 14.8 Å². The second-order valence-electron chi connectivity index (χ2n) is 5.91. The van der Waals surface area contributed by atoms with E-state index in [4.69, 9.17) is 0 Å². The fraction of sp³-hybridized carbons (Fsp3) is 0.643. The Balaban J connectivity index is 2.03. The van der Waals surface area contributed by atoms with Gasteiger partial charge in [0.1, 0.15) is 0 Å². The van der Waals surface area contributed by atoms with Crippen LogP contribution in [0.3, 0.4) is 0 Å². The van der Waals surface area contributed by atoms with Crippen molar-refractivity contribution in [2.24, 2.45) is 11.3 Å². The molecule has 0 aromatic carbocycles. The lowest BCUT2D eigenvalue weighted by Crippen LogP contribution is -2.44. The molecule has 6 nitrogen and oxygen atoms in total. The summed E-state index contributed by atoms with van der Waals surface area (Å²) in [7, 11) is 1.72. The second kappa shape index (κ2) is 6.01. The molecule has 0 aliphatic carbocycles. The van der Waals surface area contributed by atoms with Gasteiger partial charge in [0.25, 0.3) is 0 Å². The first-order valence-electron chi connectivity index (χ1n) is 6.97. The molecule has 2 amide bonds. The Kier molecular flexibility index (Phi) is 4.51. The van der Waals surface area contributed by atoms with Crippen LogP contribution in [-0.4, -0.2) is 52.0 Å². The minimum absolute atomic E-state index is 0.00311. The first kappa shape index (κ1) is 15.8. The number of thiazole rings is 1. The van der Waals surface area contributed by atoms with Crippen LogP contribution in [0.2, 0.25) is 0 Å². The molecule has 2 rings (SSSR count). The summed E-state index contributed by atoms with van der Waals surface area (Å²) in [5.41, 5.74) is 1.76. The van der Waals surface area contributed by atoms with Crippen molar-refractivity contribution in [1.29, 1.82) is 0 Å². The van der Waals surface area contributed by atoms with Gasteiger partial charge in [-0.25, -0.2) is 9.78 Å². The molecule has 1 atom stereocenters. The van der Waals surface area contributed by atoms with Crippen molar-refractivity contribution < 1.29 is 14.7 Å². The number of carboxylic acid groups (broad SMARTS) is 1. The van der Waals surface area contributed by atoms with E-state index in [2.05, 4.69) is 4.98 Å². The van der Waals surface area contributed by atoms with Crippen LogP contribution in [0.1, 0.15) is 26.0 Å². The van der Waals surface area contributed by atoms with Gasteiger partial charge in [-0.05, 0) is 12.3 Å². The number of hydrogen-bond acceptors (Lipinski definition) is 4. The van der Waals surface area contributed by atoms with Crippen molar-refractivity contribution in [3.05, 3.63) is 16.6 Å². The topological polar surface area (TPSA) is 73.7 Å². The third-order valence-corrected chi connectivity index (χ3v) is 4.95. The van der Waals surface area contributed by atoms with Gasteiger partial charge in [-0.15, -0.1) is 11.3 Å². The number of carboxylic acids is 1. The van der Waals surface area contributed by atoms with E-state index in [9.17, 15) is 14.7 Å². The zero-order chi connectivity index (χ0) is 15.6. The second-order valence-corrected chi connectivity index (χ2v) is 6.62. The molecule has 2 heterocycles. The average Bonchev–Trinajstić information content (AvgIpc) is 3.06. The molecule has 0 saturated carbocycles. The number of nitrogens with zero attached hydrogens (tertiary/aromatic N) is 3. The number of carbonyl (C=O) groups is 2. The van der Waals surface area contributed by atoms with Crippen LogP contribution in [0.15, 0.2) is 10.9 Å². The SMILES string of the molecule is CC(C)C1(C(=O)O)CCN(C(=O)N(C)Cc2cscn2)C1. The van der Waals surface area contributed by atoms with Gasteiger partial charge >= 0.3 is 12.0 Å². The third-order valence-electron chi connectivity index (χ3n) is 4.31. The molecule has 1 fully saturated rings. The molecule has 7 heteroatoms. The number of urea groups is 1. The largest absolute Gasteiger partial charge is 0.481 e. The predicted octanol–water partition coefficient (Wildman–Crippen LogP) is 2.13. The minimum Gasteiger partial charge on any atom is -0.481 e. The van der Waals surface area contributed by atoms with Crippen LogP contribution in [0, 0.1) is 11.3 Å². The van der Waals surface area contributed by atoms with Gasteiger partial charge < -0.3 is 14.9 Å². The average molecular weight is 311 g/mol. The number of carbonyl (C=O) groups excluding carboxylic acids is 1. The fourth-order valence-electron chi connectivity index (χ4n) is 2.76. The zero-order valence-electron chi connectivity index (χ0n) is 12.6. The van der Waals surface area contributed by atoms with E-state index in [-0.39, 0.29) is 18.5 Å². The van der Waals surface area contributed by atoms with E-state index in [1.807, 2.05) is 19.2 Å². The Morgan fingerprint density at radius 2 is 2.29 bits per heavy atom. The molecule has 116 valence electrons. The van der Waals surface area contributed by atoms with E-state index < -0.39 is 11.4 Å². The molecule has 1 aromatic heterocycles. The van der Waals surface area contributed by atoms with Crippen LogP contribution < -0.4 is 0 Å². The van der Waals surface area contributed by atoms with Gasteiger partial charge in [0.15, 0.2) is 0 Å². The Morgan fingerprint density at radius 1 is 1.57 bits per heavy atom. The Morgan fingerprint density at radius 3 is 2.76 bits per heavy atom. The monoisotopic (exact) mass is 311 g/mol. The zero-order valence-corrected chi connectivity index (χ0v) is 13.4. The number of aliphatic carboxylic acids is 1. The molecular weight excluding hydrogens is 290 g/mol. The molecule has 1 unspecified atom stereocenters. The lowest BCUT2D eigenvalue weighted by Gasteiger charge is -2.30. The van der Waals surface area contributed by atoms with E-state index in [1.165, 1.54) is 11.3 Å². The van der Waals surface area contributed by atoms with Gasteiger partial charge in [0.05, 0.1) is 23.2 Å². The number of amides is 2. The quantitative estimate of drug-likeness (QED) is 0.924. The smallest absolute Gasteiger partial charge is 0.320 e. The number of hydrogen-bond donors (Lipinski definition) is 1. The summed E-state index contributed by atoms with van der Waals surface area (Å²) in [4.78, 5) is 31.4. The normalized spacial score (nSPS) is 21.8. The van der Waals surface area contributed by atoms with Crippen molar-refractivity contribution in [2.75, 3.05) is 20.1 Å². The van der Waals surface area contributed by atoms with Gasteiger partial charge in [0.2, 0.25) is 0 Å². The molecule has 1 aliphatic rings. The van der Waals surface area contributed by atoms with Gasteiger partial charge in [-0.1, -0.05) is 13.8 Å². The Hall–Kier alpha value is -1.63. The molecule has 1 N–H and O–H groups in total. The van der Waals surface area contributed by atoms with E-state index in [0.717, 1.165) is 5.69 Å². The van der Waals surface area contributed by atoms with Crippen LogP contribution in [-0.2, 0) is 11.3 Å². The lowest BCUT2D eigenvalue weighted by molar-refractivity contribution is -0.150. The highest BCUT2D eigenvalue weighted by molar-refractivity contribution is 7.07. The summed E-state index contributed by atoms with van der Waals surface area (Å²) in [5, 5.41) is 11.4. The van der Waals surface area contributed by atoms with Crippen molar-refractivity contribution in [2.45, 2.75) is 26.8 Å². The predicted molar refractivity (Wildman–Crippen MR) is 80.1 cm³/mol. The fourth-order valence-corrected chi connectivity index (χ4v) is 3.31. The van der Waals surface area contributed by atoms with Crippen molar-refractivity contribution in [3.63, 3.8) is 0 Å². The highest BCUT2D eigenvalue weighted by atomic mass is 32.1. The summed E-state index contributed by atoms with van der Waals surface area (Å²) in [6.45, 7) is 5.02. The minimum atomic E-state index is -0.822. The Bertz CT molecular complexity index is 518. The first-order chi connectivity index (χ1) is 9.86. The number of rotatable bonds is 4. The summed E-state index contributed by atoms with van der Waals surface area (Å²) >= 11 is 1.49. The highest BCUT2D eigenvalue weighted by Gasteiger charge is 2.48. The number of aromatic nitrogens is 1. The molecular formula is C14H21N3O3S. The van der Waals surface area contributed by atoms with Crippen LogP contribution in [0.4, 0.5) is 4.79 Å². The van der Waals surface area contributed by atoms with E-state index >= 15 is 0 Å². The highest BCUT2D eigenvalue weighted by Crippen LogP contribution is 2.38. The first-order valence-corrected chi connectivity index (χ1v) is 7.91. The molecule has 21 heavy (non-hydrogen) atoms. The van der Waals surface area contributed by atoms with Gasteiger partial charge in [0, 0.05) is 25.5 Å². The molecule has 1 aromatic rings. The number of likely N-dealkylation sites (tertiary alicyclic amines) is 1. The van der Waals surface area contributed by atoms with Crippen LogP contribution in [0.5, 0.6) is 0 Å². The maximum absolute atomic E-state index is 12.4. The molecule has 0 spiro atoms. The summed E-state index contributed by atoms with van der Waals surface area (Å²) < 4.78 is 0. The Labute approximate surface area is 128 Å². The van der Waals surface area contributed by atoms with Crippen LogP contribution in [0.25, 0.3) is 0 Å². The summed E-state index contributed by atoms with van der Waals surface area (Å²) in [5.74, 6) is -0.813. The van der Waals surface area contributed by atoms with E-state index in [0.29, 0.717) is 19.5 Å². The standard InChI is InChI=1S/C14H21N3O3S/c1-10(2)14(12(18)19)4-5-17(8-14)13(20)16(3)6-11-7-21-9-15-11/h7,9-10H,4-6,8H2,1-3H3,(H,18,19). The molecule has 0 bridgehead atoms. The molecule has 1 aliphatic heterocycles. The third kappa shape index (κ3) is 3.02. The summed E-state index contributed by atoms with van der Waals surface area (Å²) in [6, 6.07) is -0.133. The maximum Gasteiger partial charge on any atom is 0.320 e. The van der Waals surface area contributed by atoms with Crippen LogP contribution >= 0.6 is 11.3 Å². The van der Waals surface area contributed by atoms with Gasteiger partial charge in [-0.3, -0.25) is 4.79 Å². The molecule has 0 radical (unpaired) electrons. The van der Waals surface area contributed by atoms with Crippen molar-refractivity contribution >= 4 is 23.3 Å². The molecule has 1 saturated heterocycles. The summed E-state index contributed by atoms with van der Waals surface area (Å²) in [6.07, 6.45) is 0.510. The lowest BCUT2D eigenvalue weighted by atomic mass is 9.76. The maximum atomic E-state index is 12.4. The van der Waals surface area contributed by atoms with Crippen molar-refractivity contribution in [3.8, 4) is 0 Å². The van der Waals surface area contributed by atoms with E-state index in [1.54, 1.807) is 22.4 Å².